The summed E-state index contributed by atoms with van der Waals surface area (Å²) < 4.78 is 4.79. The SMILES string of the molecule is COC(=O)c1ccc2nc(-c3ccccc3)c(N3CC[C@@H](O)C3)nc2c1. The molecule has 1 aliphatic heterocycles. The van der Waals surface area contributed by atoms with Crippen molar-refractivity contribution in [1.82, 2.24) is 9.97 Å². The number of carbonyl (C=O) groups is 1. The van der Waals surface area contributed by atoms with Crippen molar-refractivity contribution in [2.75, 3.05) is 25.1 Å². The topological polar surface area (TPSA) is 75.5 Å². The molecule has 1 N–H and O–H groups in total. The van der Waals surface area contributed by atoms with Crippen LogP contribution in [0.25, 0.3) is 22.3 Å². The molecule has 4 rings (SSSR count). The van der Waals surface area contributed by atoms with Gasteiger partial charge in [0, 0.05) is 18.7 Å². The molecule has 1 fully saturated rings. The predicted molar refractivity (Wildman–Crippen MR) is 99.2 cm³/mol. The van der Waals surface area contributed by atoms with E-state index in [2.05, 4.69) is 0 Å². The minimum atomic E-state index is -0.404. The van der Waals surface area contributed by atoms with Gasteiger partial charge in [0.05, 0.1) is 29.8 Å². The first kappa shape index (κ1) is 16.5. The third-order valence-electron chi connectivity index (χ3n) is 4.58. The number of aliphatic hydroxyl groups excluding tert-OH is 1. The number of methoxy groups -OCH3 is 1. The van der Waals surface area contributed by atoms with Crippen molar-refractivity contribution in [3.8, 4) is 11.3 Å². The Bertz CT molecular complexity index is 959. The minimum Gasteiger partial charge on any atom is -0.465 e. The van der Waals surface area contributed by atoms with Crippen molar-refractivity contribution >= 4 is 22.8 Å². The van der Waals surface area contributed by atoms with Crippen LogP contribution in [0, 0.1) is 0 Å². The number of benzene rings is 2. The summed E-state index contributed by atoms with van der Waals surface area (Å²) in [6, 6.07) is 15.0. The molecule has 2 heterocycles. The van der Waals surface area contributed by atoms with E-state index >= 15 is 0 Å². The number of rotatable bonds is 3. The highest BCUT2D eigenvalue weighted by atomic mass is 16.5. The van der Waals surface area contributed by atoms with Crippen LogP contribution in [0.3, 0.4) is 0 Å². The fourth-order valence-electron chi connectivity index (χ4n) is 3.23. The summed E-state index contributed by atoms with van der Waals surface area (Å²) in [6.45, 7) is 1.24. The van der Waals surface area contributed by atoms with E-state index < -0.39 is 5.97 Å². The number of fused-ring (bicyclic) bond motifs is 1. The van der Waals surface area contributed by atoms with Gasteiger partial charge in [-0.2, -0.15) is 0 Å². The highest BCUT2D eigenvalue weighted by Crippen LogP contribution is 2.31. The van der Waals surface area contributed by atoms with E-state index in [0.717, 1.165) is 23.6 Å². The van der Waals surface area contributed by atoms with Gasteiger partial charge in [-0.25, -0.2) is 14.8 Å². The maximum absolute atomic E-state index is 11.8. The first-order valence-electron chi connectivity index (χ1n) is 8.54. The summed E-state index contributed by atoms with van der Waals surface area (Å²) in [5.74, 6) is 0.321. The number of hydrogen-bond donors (Lipinski definition) is 1. The highest BCUT2D eigenvalue weighted by Gasteiger charge is 2.25. The standard InChI is InChI=1S/C20H19N3O3/c1-26-20(25)14-7-8-16-17(11-14)22-19(23-10-9-15(24)12-23)18(21-16)13-5-3-2-4-6-13/h2-8,11,15,24H,9-10,12H2,1H3/t15-/m1/s1. The Hall–Kier alpha value is -2.99. The van der Waals surface area contributed by atoms with Gasteiger partial charge in [-0.05, 0) is 24.6 Å². The normalized spacial score (nSPS) is 16.8. The van der Waals surface area contributed by atoms with Gasteiger partial charge in [0.2, 0.25) is 0 Å². The molecule has 1 aliphatic rings. The molecule has 132 valence electrons. The lowest BCUT2D eigenvalue weighted by molar-refractivity contribution is 0.0601. The summed E-state index contributed by atoms with van der Waals surface area (Å²) in [6.07, 6.45) is 0.341. The van der Waals surface area contributed by atoms with Gasteiger partial charge in [-0.3, -0.25) is 0 Å². The predicted octanol–water partition coefficient (Wildman–Crippen LogP) is 2.65. The summed E-state index contributed by atoms with van der Waals surface area (Å²) in [5, 5.41) is 9.93. The van der Waals surface area contributed by atoms with Crippen LogP contribution in [0.4, 0.5) is 5.82 Å². The van der Waals surface area contributed by atoms with Crippen molar-refractivity contribution in [3.63, 3.8) is 0 Å². The Balaban J connectivity index is 1.89. The van der Waals surface area contributed by atoms with E-state index in [0.29, 0.717) is 29.6 Å². The number of carbonyl (C=O) groups excluding carboxylic acids is 1. The Morgan fingerprint density at radius 3 is 2.65 bits per heavy atom. The molecule has 2 aromatic carbocycles. The third kappa shape index (κ3) is 2.99. The van der Waals surface area contributed by atoms with Crippen molar-refractivity contribution in [2.24, 2.45) is 0 Å². The molecular weight excluding hydrogens is 330 g/mol. The summed E-state index contributed by atoms with van der Waals surface area (Å²) >= 11 is 0. The van der Waals surface area contributed by atoms with Crippen LogP contribution in [-0.4, -0.2) is 47.3 Å². The van der Waals surface area contributed by atoms with E-state index in [1.165, 1.54) is 7.11 Å². The summed E-state index contributed by atoms with van der Waals surface area (Å²) in [5.41, 5.74) is 3.52. The van der Waals surface area contributed by atoms with Crippen LogP contribution in [0.2, 0.25) is 0 Å². The minimum absolute atomic E-state index is 0.363. The fourth-order valence-corrected chi connectivity index (χ4v) is 3.23. The van der Waals surface area contributed by atoms with Crippen LogP contribution < -0.4 is 4.90 Å². The van der Waals surface area contributed by atoms with E-state index in [1.807, 2.05) is 35.2 Å². The van der Waals surface area contributed by atoms with Crippen LogP contribution in [0.5, 0.6) is 0 Å². The maximum Gasteiger partial charge on any atom is 0.337 e. The largest absolute Gasteiger partial charge is 0.465 e. The second kappa shape index (κ2) is 6.72. The van der Waals surface area contributed by atoms with E-state index in [4.69, 9.17) is 14.7 Å². The number of nitrogens with zero attached hydrogens (tertiary/aromatic N) is 3. The molecule has 1 saturated heterocycles. The molecular formula is C20H19N3O3. The maximum atomic E-state index is 11.8. The number of esters is 1. The molecule has 3 aromatic rings. The van der Waals surface area contributed by atoms with E-state index in [1.54, 1.807) is 18.2 Å². The number of hydrogen-bond acceptors (Lipinski definition) is 6. The number of aliphatic hydroxyl groups is 1. The van der Waals surface area contributed by atoms with Gasteiger partial charge in [0.1, 0.15) is 5.69 Å². The average Bonchev–Trinajstić information content (AvgIpc) is 3.12. The second-order valence-corrected chi connectivity index (χ2v) is 6.35. The zero-order valence-corrected chi connectivity index (χ0v) is 14.4. The smallest absolute Gasteiger partial charge is 0.337 e. The third-order valence-corrected chi connectivity index (χ3v) is 4.58. The molecule has 1 aromatic heterocycles. The lowest BCUT2D eigenvalue weighted by Gasteiger charge is -2.20. The molecule has 0 aliphatic carbocycles. The van der Waals surface area contributed by atoms with Crippen LogP contribution in [0.1, 0.15) is 16.8 Å². The molecule has 1 atom stereocenters. The van der Waals surface area contributed by atoms with Crippen molar-refractivity contribution in [1.29, 1.82) is 0 Å². The Morgan fingerprint density at radius 1 is 1.15 bits per heavy atom. The molecule has 0 radical (unpaired) electrons. The number of β-amino-alcohol motifs (C(OH)–C–C–N with tert-alkyl or cyclic N) is 1. The van der Waals surface area contributed by atoms with Gasteiger partial charge in [0.25, 0.3) is 0 Å². The fraction of sp³-hybridized carbons (Fsp3) is 0.250. The lowest BCUT2D eigenvalue weighted by Crippen LogP contribution is -2.23. The molecule has 6 nitrogen and oxygen atoms in total. The molecule has 6 heteroatoms. The summed E-state index contributed by atoms with van der Waals surface area (Å²) in [7, 11) is 1.35. The van der Waals surface area contributed by atoms with Crippen molar-refractivity contribution < 1.29 is 14.6 Å². The van der Waals surface area contributed by atoms with Crippen molar-refractivity contribution in [2.45, 2.75) is 12.5 Å². The second-order valence-electron chi connectivity index (χ2n) is 6.35. The molecule has 0 bridgehead atoms. The Morgan fingerprint density at radius 2 is 1.96 bits per heavy atom. The monoisotopic (exact) mass is 349 g/mol. The quantitative estimate of drug-likeness (QED) is 0.733. The Labute approximate surface area is 151 Å². The average molecular weight is 349 g/mol. The first-order chi connectivity index (χ1) is 12.7. The van der Waals surface area contributed by atoms with Crippen LogP contribution in [-0.2, 0) is 4.74 Å². The molecule has 0 amide bonds. The number of ether oxygens (including phenoxy) is 1. The number of aromatic nitrogens is 2. The number of anilines is 1. The highest BCUT2D eigenvalue weighted by molar-refractivity contribution is 5.94. The summed E-state index contributed by atoms with van der Waals surface area (Å²) in [4.78, 5) is 23.5. The van der Waals surface area contributed by atoms with Crippen molar-refractivity contribution in [3.05, 3.63) is 54.1 Å². The lowest BCUT2D eigenvalue weighted by atomic mass is 10.1. The first-order valence-corrected chi connectivity index (χ1v) is 8.54. The van der Waals surface area contributed by atoms with Gasteiger partial charge in [0.15, 0.2) is 5.82 Å². The molecule has 0 spiro atoms. The van der Waals surface area contributed by atoms with E-state index in [-0.39, 0.29) is 6.10 Å². The zero-order chi connectivity index (χ0) is 18.1. The van der Waals surface area contributed by atoms with Crippen LogP contribution in [0.15, 0.2) is 48.5 Å². The van der Waals surface area contributed by atoms with Gasteiger partial charge in [-0.15, -0.1) is 0 Å². The molecule has 0 saturated carbocycles. The molecule has 0 unspecified atom stereocenters. The van der Waals surface area contributed by atoms with E-state index in [9.17, 15) is 9.90 Å². The van der Waals surface area contributed by atoms with Gasteiger partial charge < -0.3 is 14.7 Å². The zero-order valence-electron chi connectivity index (χ0n) is 14.4. The van der Waals surface area contributed by atoms with Gasteiger partial charge >= 0.3 is 5.97 Å². The Kier molecular flexibility index (Phi) is 4.26. The van der Waals surface area contributed by atoms with Crippen LogP contribution >= 0.6 is 0 Å². The van der Waals surface area contributed by atoms with Gasteiger partial charge in [-0.1, -0.05) is 30.3 Å². The molecule has 26 heavy (non-hydrogen) atoms.